The fourth-order valence-corrected chi connectivity index (χ4v) is 2.68. The summed E-state index contributed by atoms with van der Waals surface area (Å²) in [6.45, 7) is 0.362. The van der Waals surface area contributed by atoms with Gasteiger partial charge in [-0.05, 0) is 30.7 Å². The van der Waals surface area contributed by atoms with Crippen LogP contribution in [0.2, 0.25) is 0 Å². The molecule has 2 heteroatoms. The highest BCUT2D eigenvalue weighted by Crippen LogP contribution is 2.14. The number of aryl methyl sites for hydroxylation is 1. The Morgan fingerprint density at radius 1 is 0.875 bits per heavy atom. The predicted octanol–water partition coefficient (Wildman–Crippen LogP) is 4.40. The fraction of sp³-hybridized carbons (Fsp3) is 0.714. The fourth-order valence-electron chi connectivity index (χ4n) is 1.93. The van der Waals surface area contributed by atoms with E-state index in [4.69, 9.17) is 5.11 Å². The van der Waals surface area contributed by atoms with E-state index in [0.717, 1.165) is 6.42 Å². The standard InChI is InChI=1S/C14H24OS/c15-12-8-6-4-2-1-3-5-7-10-14-11-9-13-16-14/h9,11,13,15H,1-8,10,12H2. The lowest BCUT2D eigenvalue weighted by Crippen LogP contribution is -1.85. The first kappa shape index (κ1) is 13.7. The van der Waals surface area contributed by atoms with Crippen molar-refractivity contribution in [3.63, 3.8) is 0 Å². The van der Waals surface area contributed by atoms with Gasteiger partial charge in [-0.25, -0.2) is 0 Å². The van der Waals surface area contributed by atoms with Crippen molar-refractivity contribution in [2.75, 3.05) is 6.61 Å². The Morgan fingerprint density at radius 2 is 1.50 bits per heavy atom. The highest BCUT2D eigenvalue weighted by molar-refractivity contribution is 7.09. The van der Waals surface area contributed by atoms with Crippen molar-refractivity contribution in [2.45, 2.75) is 57.8 Å². The van der Waals surface area contributed by atoms with E-state index in [9.17, 15) is 0 Å². The van der Waals surface area contributed by atoms with Crippen LogP contribution in [0.1, 0.15) is 56.2 Å². The summed E-state index contributed by atoms with van der Waals surface area (Å²) in [5, 5.41) is 10.8. The Labute approximate surface area is 104 Å². The van der Waals surface area contributed by atoms with Gasteiger partial charge in [0.25, 0.3) is 0 Å². The summed E-state index contributed by atoms with van der Waals surface area (Å²) in [5.41, 5.74) is 0. The lowest BCUT2D eigenvalue weighted by atomic mass is 10.1. The monoisotopic (exact) mass is 240 g/mol. The number of aliphatic hydroxyl groups excluding tert-OH is 1. The summed E-state index contributed by atoms with van der Waals surface area (Å²) in [5.74, 6) is 0. The van der Waals surface area contributed by atoms with Crippen LogP contribution in [0.4, 0.5) is 0 Å². The molecule has 0 radical (unpaired) electrons. The minimum absolute atomic E-state index is 0.362. The van der Waals surface area contributed by atoms with Crippen LogP contribution in [-0.4, -0.2) is 11.7 Å². The van der Waals surface area contributed by atoms with Crippen LogP contribution >= 0.6 is 11.3 Å². The van der Waals surface area contributed by atoms with Gasteiger partial charge in [0.2, 0.25) is 0 Å². The number of unbranched alkanes of at least 4 members (excludes halogenated alkanes) is 7. The van der Waals surface area contributed by atoms with Gasteiger partial charge in [-0.3, -0.25) is 0 Å². The first-order valence-electron chi connectivity index (χ1n) is 6.56. The Kier molecular flexibility index (Phi) is 8.45. The topological polar surface area (TPSA) is 20.2 Å². The van der Waals surface area contributed by atoms with E-state index >= 15 is 0 Å². The molecule has 0 fully saturated rings. The van der Waals surface area contributed by atoms with Crippen molar-refractivity contribution in [1.82, 2.24) is 0 Å². The zero-order valence-corrected chi connectivity index (χ0v) is 11.0. The maximum absolute atomic E-state index is 8.63. The van der Waals surface area contributed by atoms with E-state index in [1.807, 2.05) is 11.3 Å². The van der Waals surface area contributed by atoms with E-state index in [2.05, 4.69) is 17.5 Å². The number of thiophene rings is 1. The summed E-state index contributed by atoms with van der Waals surface area (Å²) in [6, 6.07) is 4.38. The van der Waals surface area contributed by atoms with Crippen LogP contribution in [0.3, 0.4) is 0 Å². The van der Waals surface area contributed by atoms with Crippen LogP contribution < -0.4 is 0 Å². The van der Waals surface area contributed by atoms with Crippen molar-refractivity contribution in [1.29, 1.82) is 0 Å². The quantitative estimate of drug-likeness (QED) is 0.601. The SMILES string of the molecule is OCCCCCCCCCCc1cccs1. The third-order valence-electron chi connectivity index (χ3n) is 2.91. The van der Waals surface area contributed by atoms with Crippen LogP contribution in [0.25, 0.3) is 0 Å². The summed E-state index contributed by atoms with van der Waals surface area (Å²) in [4.78, 5) is 1.53. The van der Waals surface area contributed by atoms with E-state index < -0.39 is 0 Å². The van der Waals surface area contributed by atoms with Gasteiger partial charge >= 0.3 is 0 Å². The minimum Gasteiger partial charge on any atom is -0.396 e. The summed E-state index contributed by atoms with van der Waals surface area (Å²) in [6.07, 6.45) is 11.6. The molecule has 0 aliphatic rings. The zero-order valence-electron chi connectivity index (χ0n) is 10.2. The van der Waals surface area contributed by atoms with Crippen LogP contribution in [-0.2, 0) is 6.42 Å². The molecule has 0 saturated heterocycles. The van der Waals surface area contributed by atoms with Crippen molar-refractivity contribution in [2.24, 2.45) is 0 Å². The third-order valence-corrected chi connectivity index (χ3v) is 3.85. The van der Waals surface area contributed by atoms with Crippen LogP contribution in [0.5, 0.6) is 0 Å². The molecule has 0 amide bonds. The van der Waals surface area contributed by atoms with Crippen molar-refractivity contribution >= 4 is 11.3 Å². The Balaban J connectivity index is 1.78. The smallest absolute Gasteiger partial charge is 0.0431 e. The first-order valence-corrected chi connectivity index (χ1v) is 7.44. The van der Waals surface area contributed by atoms with Gasteiger partial charge in [-0.15, -0.1) is 11.3 Å². The van der Waals surface area contributed by atoms with Gasteiger partial charge in [-0.1, -0.05) is 44.6 Å². The van der Waals surface area contributed by atoms with E-state index in [1.165, 1.54) is 56.2 Å². The molecule has 0 aliphatic carbocycles. The van der Waals surface area contributed by atoms with Gasteiger partial charge < -0.3 is 5.11 Å². The largest absolute Gasteiger partial charge is 0.396 e. The molecule has 1 rings (SSSR count). The molecule has 0 aromatic carbocycles. The Morgan fingerprint density at radius 3 is 2.06 bits per heavy atom. The molecule has 0 aliphatic heterocycles. The van der Waals surface area contributed by atoms with Crippen molar-refractivity contribution < 1.29 is 5.11 Å². The Hall–Kier alpha value is -0.340. The molecule has 1 heterocycles. The van der Waals surface area contributed by atoms with Gasteiger partial charge in [0.1, 0.15) is 0 Å². The molecule has 0 unspecified atom stereocenters. The maximum Gasteiger partial charge on any atom is 0.0431 e. The molecular formula is C14H24OS. The molecule has 1 aromatic rings. The highest BCUT2D eigenvalue weighted by atomic mass is 32.1. The zero-order chi connectivity index (χ0) is 11.5. The molecule has 92 valence electrons. The normalized spacial score (nSPS) is 10.8. The van der Waals surface area contributed by atoms with Gasteiger partial charge in [-0.2, -0.15) is 0 Å². The minimum atomic E-state index is 0.362. The Bertz CT molecular complexity index is 231. The number of hydrogen-bond acceptors (Lipinski definition) is 2. The highest BCUT2D eigenvalue weighted by Gasteiger charge is 1.94. The second kappa shape index (κ2) is 9.86. The summed E-state index contributed by atoms with van der Waals surface area (Å²) < 4.78 is 0. The summed E-state index contributed by atoms with van der Waals surface area (Å²) >= 11 is 1.88. The van der Waals surface area contributed by atoms with E-state index in [0.29, 0.717) is 6.61 Å². The summed E-state index contributed by atoms with van der Waals surface area (Å²) in [7, 11) is 0. The van der Waals surface area contributed by atoms with Gasteiger partial charge in [0, 0.05) is 11.5 Å². The first-order chi connectivity index (χ1) is 7.93. The number of rotatable bonds is 10. The molecule has 0 spiro atoms. The molecule has 16 heavy (non-hydrogen) atoms. The second-order valence-electron chi connectivity index (χ2n) is 4.38. The lowest BCUT2D eigenvalue weighted by Gasteiger charge is -2.01. The predicted molar refractivity (Wildman–Crippen MR) is 72.0 cm³/mol. The van der Waals surface area contributed by atoms with E-state index in [-0.39, 0.29) is 0 Å². The maximum atomic E-state index is 8.63. The van der Waals surface area contributed by atoms with Crippen LogP contribution in [0, 0.1) is 0 Å². The van der Waals surface area contributed by atoms with Crippen LogP contribution in [0.15, 0.2) is 17.5 Å². The van der Waals surface area contributed by atoms with Crippen molar-refractivity contribution in [3.8, 4) is 0 Å². The van der Waals surface area contributed by atoms with Gasteiger partial charge in [0.05, 0.1) is 0 Å². The second-order valence-corrected chi connectivity index (χ2v) is 5.41. The lowest BCUT2D eigenvalue weighted by molar-refractivity contribution is 0.282. The van der Waals surface area contributed by atoms with Crippen molar-refractivity contribution in [3.05, 3.63) is 22.4 Å². The molecule has 0 bridgehead atoms. The molecule has 1 N–H and O–H groups in total. The molecule has 1 aromatic heterocycles. The molecule has 0 saturated carbocycles. The average molecular weight is 240 g/mol. The van der Waals surface area contributed by atoms with E-state index in [1.54, 1.807) is 0 Å². The molecular weight excluding hydrogens is 216 g/mol. The molecule has 0 atom stereocenters. The number of hydrogen-bond donors (Lipinski definition) is 1. The average Bonchev–Trinajstić information content (AvgIpc) is 2.80. The molecule has 1 nitrogen and oxygen atoms in total. The number of aliphatic hydroxyl groups is 1. The van der Waals surface area contributed by atoms with Gasteiger partial charge in [0.15, 0.2) is 0 Å². The third kappa shape index (κ3) is 7.02.